The fourth-order valence-electron chi connectivity index (χ4n) is 2.93. The highest BCUT2D eigenvalue weighted by molar-refractivity contribution is 9.10. The van der Waals surface area contributed by atoms with E-state index in [0.29, 0.717) is 25.0 Å². The van der Waals surface area contributed by atoms with Gasteiger partial charge in [0.05, 0.1) is 6.54 Å². The number of amides is 1. The lowest BCUT2D eigenvalue weighted by atomic mass is 9.84. The Morgan fingerprint density at radius 3 is 2.74 bits per heavy atom. The van der Waals surface area contributed by atoms with Gasteiger partial charge in [0, 0.05) is 12.6 Å². The zero-order chi connectivity index (χ0) is 16.9. The molecule has 6 heteroatoms. The van der Waals surface area contributed by atoms with Gasteiger partial charge in [-0.2, -0.15) is 0 Å². The number of ether oxygens (including phenoxy) is 1. The van der Waals surface area contributed by atoms with Gasteiger partial charge in [-0.3, -0.25) is 0 Å². The molecule has 1 amide bonds. The summed E-state index contributed by atoms with van der Waals surface area (Å²) < 4.78 is 11.6. The van der Waals surface area contributed by atoms with Gasteiger partial charge in [0.1, 0.15) is 11.4 Å². The van der Waals surface area contributed by atoms with Crippen LogP contribution in [0.3, 0.4) is 0 Å². The first-order valence-electron chi connectivity index (χ1n) is 8.28. The van der Waals surface area contributed by atoms with Crippen molar-refractivity contribution in [3.63, 3.8) is 0 Å². The van der Waals surface area contributed by atoms with E-state index in [0.717, 1.165) is 23.3 Å². The number of hydrogen-bond donors (Lipinski definition) is 2. The van der Waals surface area contributed by atoms with Crippen LogP contribution in [0, 0.1) is 5.92 Å². The highest BCUT2D eigenvalue weighted by atomic mass is 79.9. The SMILES string of the molecule is CC(C)(C)OC(=O)NCC1CCCCC1NCc1ccc(Br)o1. The molecule has 1 aromatic heterocycles. The number of furan rings is 1. The zero-order valence-corrected chi connectivity index (χ0v) is 15.7. The van der Waals surface area contributed by atoms with E-state index in [9.17, 15) is 4.79 Å². The second-order valence-electron chi connectivity index (χ2n) is 7.12. The Balaban J connectivity index is 1.79. The van der Waals surface area contributed by atoms with Gasteiger partial charge in [-0.25, -0.2) is 4.79 Å². The van der Waals surface area contributed by atoms with Gasteiger partial charge in [-0.15, -0.1) is 0 Å². The van der Waals surface area contributed by atoms with Crippen LogP contribution in [0.25, 0.3) is 0 Å². The fourth-order valence-corrected chi connectivity index (χ4v) is 3.27. The van der Waals surface area contributed by atoms with E-state index in [1.165, 1.54) is 12.8 Å². The van der Waals surface area contributed by atoms with E-state index in [4.69, 9.17) is 9.15 Å². The Morgan fingerprint density at radius 1 is 1.35 bits per heavy atom. The molecule has 0 aliphatic heterocycles. The average molecular weight is 387 g/mol. The molecule has 130 valence electrons. The topological polar surface area (TPSA) is 63.5 Å². The second-order valence-corrected chi connectivity index (χ2v) is 7.90. The molecule has 0 bridgehead atoms. The summed E-state index contributed by atoms with van der Waals surface area (Å²) in [5, 5.41) is 6.48. The molecular formula is C17H27BrN2O3. The van der Waals surface area contributed by atoms with Crippen LogP contribution in [0.1, 0.15) is 52.2 Å². The summed E-state index contributed by atoms with van der Waals surface area (Å²) in [7, 11) is 0. The van der Waals surface area contributed by atoms with Crippen molar-refractivity contribution in [3.8, 4) is 0 Å². The predicted molar refractivity (Wildman–Crippen MR) is 93.2 cm³/mol. The molecule has 1 saturated carbocycles. The summed E-state index contributed by atoms with van der Waals surface area (Å²) in [6.07, 6.45) is 4.35. The smallest absolute Gasteiger partial charge is 0.407 e. The number of hydrogen-bond acceptors (Lipinski definition) is 4. The Labute approximate surface area is 146 Å². The molecule has 2 N–H and O–H groups in total. The van der Waals surface area contributed by atoms with Crippen LogP contribution in [0.4, 0.5) is 4.79 Å². The third-order valence-electron chi connectivity index (χ3n) is 3.98. The first-order chi connectivity index (χ1) is 10.8. The molecule has 1 aliphatic rings. The zero-order valence-electron chi connectivity index (χ0n) is 14.2. The maximum absolute atomic E-state index is 11.8. The van der Waals surface area contributed by atoms with E-state index < -0.39 is 5.60 Å². The normalized spacial score (nSPS) is 21.9. The Bertz CT molecular complexity index is 510. The van der Waals surface area contributed by atoms with Crippen molar-refractivity contribution in [2.45, 2.75) is 64.6 Å². The van der Waals surface area contributed by atoms with Gasteiger partial charge in [0.2, 0.25) is 0 Å². The Kier molecular flexibility index (Phi) is 6.53. The first-order valence-corrected chi connectivity index (χ1v) is 9.07. The number of halogens is 1. The molecule has 1 heterocycles. The van der Waals surface area contributed by atoms with Gasteiger partial charge in [0.25, 0.3) is 0 Å². The molecule has 0 saturated heterocycles. The van der Waals surface area contributed by atoms with Crippen molar-refractivity contribution in [2.24, 2.45) is 5.92 Å². The number of carbonyl (C=O) groups excluding carboxylic acids is 1. The number of carbonyl (C=O) groups is 1. The molecule has 0 spiro atoms. The summed E-state index contributed by atoms with van der Waals surface area (Å²) in [5.74, 6) is 1.34. The standard InChI is InChI=1S/C17H27BrN2O3/c1-17(2,3)23-16(21)20-10-12-6-4-5-7-14(12)19-11-13-8-9-15(18)22-13/h8-9,12,14,19H,4-7,10-11H2,1-3H3,(H,20,21). The molecule has 0 radical (unpaired) electrons. The monoisotopic (exact) mass is 386 g/mol. The highest BCUT2D eigenvalue weighted by Crippen LogP contribution is 2.25. The van der Waals surface area contributed by atoms with Gasteiger partial charge < -0.3 is 19.8 Å². The average Bonchev–Trinajstić information content (AvgIpc) is 2.87. The van der Waals surface area contributed by atoms with Crippen molar-refractivity contribution >= 4 is 22.0 Å². The van der Waals surface area contributed by atoms with E-state index in [1.807, 2.05) is 32.9 Å². The largest absolute Gasteiger partial charge is 0.453 e. The predicted octanol–water partition coefficient (Wildman–Crippen LogP) is 4.22. The van der Waals surface area contributed by atoms with E-state index in [1.54, 1.807) is 0 Å². The van der Waals surface area contributed by atoms with E-state index in [-0.39, 0.29) is 6.09 Å². The summed E-state index contributed by atoms with van der Waals surface area (Å²) in [6.45, 7) is 6.98. The molecule has 5 nitrogen and oxygen atoms in total. The highest BCUT2D eigenvalue weighted by Gasteiger charge is 2.26. The molecule has 23 heavy (non-hydrogen) atoms. The number of rotatable bonds is 5. The molecule has 1 fully saturated rings. The van der Waals surface area contributed by atoms with Gasteiger partial charge in [-0.05, 0) is 67.6 Å². The summed E-state index contributed by atoms with van der Waals surface area (Å²) in [5.41, 5.74) is -0.457. The molecule has 1 aromatic rings. The summed E-state index contributed by atoms with van der Waals surface area (Å²) >= 11 is 3.32. The molecular weight excluding hydrogens is 360 g/mol. The Hall–Kier alpha value is -1.01. The number of alkyl carbamates (subject to hydrolysis) is 1. The molecule has 0 aromatic carbocycles. The maximum Gasteiger partial charge on any atom is 0.407 e. The summed E-state index contributed by atoms with van der Waals surface area (Å²) in [6, 6.07) is 4.26. The third-order valence-corrected chi connectivity index (χ3v) is 4.41. The van der Waals surface area contributed by atoms with Gasteiger partial charge in [0.15, 0.2) is 4.67 Å². The van der Waals surface area contributed by atoms with Crippen LogP contribution in [-0.2, 0) is 11.3 Å². The number of nitrogens with one attached hydrogen (secondary N) is 2. The van der Waals surface area contributed by atoms with Crippen LogP contribution in [0.5, 0.6) is 0 Å². The van der Waals surface area contributed by atoms with Crippen LogP contribution >= 0.6 is 15.9 Å². The minimum absolute atomic E-state index is 0.336. The van der Waals surface area contributed by atoms with Crippen molar-refractivity contribution in [1.29, 1.82) is 0 Å². The van der Waals surface area contributed by atoms with Crippen LogP contribution in [-0.4, -0.2) is 24.3 Å². The van der Waals surface area contributed by atoms with E-state index >= 15 is 0 Å². The van der Waals surface area contributed by atoms with E-state index in [2.05, 4.69) is 26.6 Å². The molecule has 2 unspecified atom stereocenters. The quantitative estimate of drug-likeness (QED) is 0.794. The summed E-state index contributed by atoms with van der Waals surface area (Å²) in [4.78, 5) is 11.8. The minimum atomic E-state index is -0.457. The lowest BCUT2D eigenvalue weighted by Crippen LogP contribution is -2.44. The van der Waals surface area contributed by atoms with Gasteiger partial charge in [-0.1, -0.05) is 12.8 Å². The third kappa shape index (κ3) is 6.55. The van der Waals surface area contributed by atoms with Crippen LogP contribution in [0.15, 0.2) is 21.2 Å². The second kappa shape index (κ2) is 8.20. The Morgan fingerprint density at radius 2 is 2.09 bits per heavy atom. The van der Waals surface area contributed by atoms with Crippen molar-refractivity contribution in [3.05, 3.63) is 22.6 Å². The van der Waals surface area contributed by atoms with Crippen LogP contribution in [0.2, 0.25) is 0 Å². The minimum Gasteiger partial charge on any atom is -0.453 e. The maximum atomic E-state index is 11.8. The first kappa shape index (κ1) is 18.3. The van der Waals surface area contributed by atoms with Gasteiger partial charge >= 0.3 is 6.09 Å². The van der Waals surface area contributed by atoms with Crippen molar-refractivity contribution in [1.82, 2.24) is 10.6 Å². The van der Waals surface area contributed by atoms with Crippen LogP contribution < -0.4 is 10.6 Å². The molecule has 1 aliphatic carbocycles. The van der Waals surface area contributed by atoms with Crippen molar-refractivity contribution in [2.75, 3.05) is 6.54 Å². The molecule has 2 rings (SSSR count). The fraction of sp³-hybridized carbons (Fsp3) is 0.706. The molecule has 2 atom stereocenters. The lowest BCUT2D eigenvalue weighted by Gasteiger charge is -2.32. The van der Waals surface area contributed by atoms with Crippen molar-refractivity contribution < 1.29 is 13.9 Å². The lowest BCUT2D eigenvalue weighted by molar-refractivity contribution is 0.0510.